The van der Waals surface area contributed by atoms with Crippen LogP contribution in [-0.4, -0.2) is 31.9 Å². The van der Waals surface area contributed by atoms with E-state index in [2.05, 4.69) is 21.2 Å². The van der Waals surface area contributed by atoms with Crippen molar-refractivity contribution in [3.63, 3.8) is 0 Å². The van der Waals surface area contributed by atoms with Crippen LogP contribution in [0.15, 0.2) is 22.7 Å². The highest BCUT2D eigenvalue weighted by Gasteiger charge is 2.18. The van der Waals surface area contributed by atoms with Gasteiger partial charge in [-0.1, -0.05) is 12.1 Å². The van der Waals surface area contributed by atoms with Gasteiger partial charge < -0.3 is 14.8 Å². The van der Waals surface area contributed by atoms with Gasteiger partial charge in [-0.2, -0.15) is 0 Å². The Labute approximate surface area is 115 Å². The van der Waals surface area contributed by atoms with E-state index in [-0.39, 0.29) is 18.0 Å². The molecular formula is C13H17BrFNO2. The highest BCUT2D eigenvalue weighted by atomic mass is 79.9. The lowest BCUT2D eigenvalue weighted by molar-refractivity contribution is -0.0717. The molecule has 2 rings (SSSR count). The second-order valence-electron chi connectivity index (χ2n) is 4.46. The van der Waals surface area contributed by atoms with Crippen LogP contribution < -0.4 is 5.32 Å². The SMILES string of the molecule is CC1CNCC(COCc2cccc(F)c2Br)O1. The minimum atomic E-state index is -0.264. The van der Waals surface area contributed by atoms with Gasteiger partial charge in [-0.05, 0) is 34.5 Å². The van der Waals surface area contributed by atoms with Crippen molar-refractivity contribution in [2.75, 3.05) is 19.7 Å². The maximum Gasteiger partial charge on any atom is 0.137 e. The zero-order chi connectivity index (χ0) is 13.0. The number of rotatable bonds is 4. The van der Waals surface area contributed by atoms with Gasteiger partial charge >= 0.3 is 0 Å². The van der Waals surface area contributed by atoms with E-state index in [1.165, 1.54) is 6.07 Å². The molecule has 0 radical (unpaired) electrons. The van der Waals surface area contributed by atoms with E-state index in [9.17, 15) is 4.39 Å². The summed E-state index contributed by atoms with van der Waals surface area (Å²) >= 11 is 3.22. The molecule has 1 aromatic carbocycles. The first kappa shape index (κ1) is 13.9. The third-order valence-electron chi connectivity index (χ3n) is 2.82. The molecule has 2 unspecified atom stereocenters. The molecule has 1 aromatic rings. The molecule has 1 aliphatic rings. The van der Waals surface area contributed by atoms with E-state index >= 15 is 0 Å². The molecule has 18 heavy (non-hydrogen) atoms. The summed E-state index contributed by atoms with van der Waals surface area (Å²) < 4.78 is 25.0. The van der Waals surface area contributed by atoms with Crippen molar-refractivity contribution in [2.45, 2.75) is 25.7 Å². The zero-order valence-corrected chi connectivity index (χ0v) is 11.9. The van der Waals surface area contributed by atoms with Gasteiger partial charge in [-0.3, -0.25) is 0 Å². The molecule has 100 valence electrons. The van der Waals surface area contributed by atoms with Crippen molar-refractivity contribution < 1.29 is 13.9 Å². The molecule has 1 fully saturated rings. The van der Waals surface area contributed by atoms with Crippen molar-refractivity contribution in [1.29, 1.82) is 0 Å². The Balaban J connectivity index is 1.79. The molecule has 1 aliphatic heterocycles. The molecule has 1 heterocycles. The third-order valence-corrected chi connectivity index (χ3v) is 3.71. The molecule has 1 N–H and O–H groups in total. The van der Waals surface area contributed by atoms with Crippen molar-refractivity contribution >= 4 is 15.9 Å². The predicted octanol–water partition coefficient (Wildman–Crippen LogP) is 2.48. The summed E-state index contributed by atoms with van der Waals surface area (Å²) in [4.78, 5) is 0. The average molecular weight is 318 g/mol. The third kappa shape index (κ3) is 3.75. The molecule has 0 bridgehead atoms. The van der Waals surface area contributed by atoms with Crippen LogP contribution in [0.1, 0.15) is 12.5 Å². The number of hydrogen-bond acceptors (Lipinski definition) is 3. The fourth-order valence-corrected chi connectivity index (χ4v) is 2.31. The fraction of sp³-hybridized carbons (Fsp3) is 0.538. The van der Waals surface area contributed by atoms with Gasteiger partial charge in [0.05, 0.1) is 29.9 Å². The minimum absolute atomic E-state index is 0.0704. The van der Waals surface area contributed by atoms with Gasteiger partial charge in [0.2, 0.25) is 0 Å². The Morgan fingerprint density at radius 1 is 1.50 bits per heavy atom. The first-order valence-electron chi connectivity index (χ1n) is 6.03. The van der Waals surface area contributed by atoms with E-state index in [4.69, 9.17) is 9.47 Å². The Bertz CT molecular complexity index is 403. The number of ether oxygens (including phenoxy) is 2. The summed E-state index contributed by atoms with van der Waals surface area (Å²) in [6.07, 6.45) is 0.286. The summed E-state index contributed by atoms with van der Waals surface area (Å²) in [5.41, 5.74) is 0.812. The second kappa shape index (κ2) is 6.61. The molecule has 0 aliphatic carbocycles. The average Bonchev–Trinajstić information content (AvgIpc) is 2.35. The second-order valence-corrected chi connectivity index (χ2v) is 5.25. The fourth-order valence-electron chi connectivity index (χ4n) is 1.93. The lowest BCUT2D eigenvalue weighted by Gasteiger charge is -2.28. The topological polar surface area (TPSA) is 30.5 Å². The largest absolute Gasteiger partial charge is 0.374 e. The van der Waals surface area contributed by atoms with E-state index < -0.39 is 0 Å². The Kier molecular flexibility index (Phi) is 5.12. The monoisotopic (exact) mass is 317 g/mol. The molecule has 2 atom stereocenters. The van der Waals surface area contributed by atoms with Crippen LogP contribution in [-0.2, 0) is 16.1 Å². The zero-order valence-electron chi connectivity index (χ0n) is 10.3. The highest BCUT2D eigenvalue weighted by Crippen LogP contribution is 2.21. The Hall–Kier alpha value is -0.490. The summed E-state index contributed by atoms with van der Waals surface area (Å²) in [7, 11) is 0. The smallest absolute Gasteiger partial charge is 0.137 e. The molecule has 0 spiro atoms. The van der Waals surface area contributed by atoms with Crippen LogP contribution >= 0.6 is 15.9 Å². The van der Waals surface area contributed by atoms with Gasteiger partial charge in [0.1, 0.15) is 5.82 Å². The first-order chi connectivity index (χ1) is 8.66. The van der Waals surface area contributed by atoms with Crippen LogP contribution in [0.25, 0.3) is 0 Å². The Morgan fingerprint density at radius 2 is 2.33 bits per heavy atom. The molecule has 0 aromatic heterocycles. The van der Waals surface area contributed by atoms with Gasteiger partial charge in [0, 0.05) is 13.1 Å². The predicted molar refractivity (Wildman–Crippen MR) is 71.0 cm³/mol. The first-order valence-corrected chi connectivity index (χ1v) is 6.83. The highest BCUT2D eigenvalue weighted by molar-refractivity contribution is 9.10. The van der Waals surface area contributed by atoms with Gasteiger partial charge in [-0.15, -0.1) is 0 Å². The lowest BCUT2D eigenvalue weighted by atomic mass is 10.2. The van der Waals surface area contributed by atoms with E-state index in [1.54, 1.807) is 6.07 Å². The van der Waals surface area contributed by atoms with Gasteiger partial charge in [-0.25, -0.2) is 4.39 Å². The number of nitrogens with one attached hydrogen (secondary N) is 1. The number of hydrogen-bond donors (Lipinski definition) is 1. The maximum absolute atomic E-state index is 13.3. The van der Waals surface area contributed by atoms with Crippen molar-refractivity contribution in [1.82, 2.24) is 5.32 Å². The quantitative estimate of drug-likeness (QED) is 0.925. The summed E-state index contributed by atoms with van der Waals surface area (Å²) in [5, 5.41) is 3.28. The van der Waals surface area contributed by atoms with Gasteiger partial charge in [0.15, 0.2) is 0 Å². The minimum Gasteiger partial charge on any atom is -0.374 e. The van der Waals surface area contributed by atoms with Crippen LogP contribution in [0.5, 0.6) is 0 Å². The number of benzene rings is 1. The summed E-state index contributed by atoms with van der Waals surface area (Å²) in [6, 6.07) is 4.94. The van der Waals surface area contributed by atoms with Crippen LogP contribution in [0.3, 0.4) is 0 Å². The standard InChI is InChI=1S/C13H17BrFNO2/c1-9-5-16-6-11(18-9)8-17-7-10-3-2-4-12(15)13(10)14/h2-4,9,11,16H,5-8H2,1H3. The number of halogens is 2. The van der Waals surface area contributed by atoms with E-state index in [0.29, 0.717) is 17.7 Å². The Morgan fingerprint density at radius 3 is 3.11 bits per heavy atom. The van der Waals surface area contributed by atoms with E-state index in [1.807, 2.05) is 13.0 Å². The summed E-state index contributed by atoms with van der Waals surface area (Å²) in [6.45, 7) is 4.61. The molecule has 0 saturated carbocycles. The van der Waals surface area contributed by atoms with Crippen LogP contribution in [0.2, 0.25) is 0 Å². The molecule has 0 amide bonds. The molecule has 3 nitrogen and oxygen atoms in total. The van der Waals surface area contributed by atoms with Crippen LogP contribution in [0.4, 0.5) is 4.39 Å². The number of morpholine rings is 1. The van der Waals surface area contributed by atoms with E-state index in [0.717, 1.165) is 18.7 Å². The van der Waals surface area contributed by atoms with Gasteiger partial charge in [0.25, 0.3) is 0 Å². The van der Waals surface area contributed by atoms with Crippen molar-refractivity contribution in [3.8, 4) is 0 Å². The maximum atomic E-state index is 13.3. The summed E-state index contributed by atoms with van der Waals surface area (Å²) in [5.74, 6) is -0.264. The molecule has 1 saturated heterocycles. The molecular weight excluding hydrogens is 301 g/mol. The molecule has 5 heteroatoms. The van der Waals surface area contributed by atoms with Crippen LogP contribution in [0, 0.1) is 5.82 Å². The van der Waals surface area contributed by atoms with Crippen molar-refractivity contribution in [2.24, 2.45) is 0 Å². The lowest BCUT2D eigenvalue weighted by Crippen LogP contribution is -2.45. The normalized spacial score (nSPS) is 24.2. The van der Waals surface area contributed by atoms with Crippen molar-refractivity contribution in [3.05, 3.63) is 34.1 Å².